The summed E-state index contributed by atoms with van der Waals surface area (Å²) in [6.45, 7) is 8.25. The zero-order valence-electron chi connectivity index (χ0n) is 28.3. The van der Waals surface area contributed by atoms with Crippen LogP contribution in [0, 0.1) is 27.7 Å². The van der Waals surface area contributed by atoms with Gasteiger partial charge in [-0.3, -0.25) is 9.11 Å². The molecular weight excluding hydrogens is 661 g/mol. The van der Waals surface area contributed by atoms with Crippen molar-refractivity contribution in [1.82, 2.24) is 0 Å². The molecule has 8 nitrogen and oxygen atoms in total. The topological polar surface area (TPSA) is 127 Å². The molecule has 0 spiro atoms. The number of benzene rings is 5. The summed E-state index contributed by atoms with van der Waals surface area (Å²) >= 11 is 0. The Morgan fingerprint density at radius 2 is 0.959 bits per heavy atom. The first-order valence-electron chi connectivity index (χ1n) is 15.6. The van der Waals surface area contributed by atoms with E-state index in [2.05, 4.69) is 52.0 Å². The monoisotopic (exact) mass is 700 g/mol. The van der Waals surface area contributed by atoms with Crippen LogP contribution in [-0.4, -0.2) is 40.2 Å². The molecule has 0 unspecified atom stereocenters. The average Bonchev–Trinajstić information content (AvgIpc) is 3.04. The first kappa shape index (κ1) is 35.8. The highest BCUT2D eigenvalue weighted by Gasteiger charge is 2.31. The van der Waals surface area contributed by atoms with Crippen LogP contribution in [0.4, 0.5) is 0 Å². The van der Waals surface area contributed by atoms with Gasteiger partial charge in [0.05, 0.1) is 24.0 Å². The number of aryl methyl sites for hydroxylation is 4. The van der Waals surface area contributed by atoms with Crippen molar-refractivity contribution in [2.75, 3.05) is 14.2 Å². The second-order valence-corrected chi connectivity index (χ2v) is 15.1. The molecule has 0 aliphatic rings. The third kappa shape index (κ3) is 7.73. The van der Waals surface area contributed by atoms with E-state index in [-0.39, 0.29) is 5.56 Å². The first-order valence-corrected chi connectivity index (χ1v) is 18.5. The third-order valence-electron chi connectivity index (χ3n) is 9.14. The van der Waals surface area contributed by atoms with E-state index >= 15 is 0 Å². The molecule has 0 bridgehead atoms. The Bertz CT molecular complexity index is 2110. The Labute approximate surface area is 288 Å². The van der Waals surface area contributed by atoms with Crippen LogP contribution in [0.15, 0.2) is 101 Å². The lowest BCUT2D eigenvalue weighted by Crippen LogP contribution is -2.14. The fourth-order valence-electron chi connectivity index (χ4n) is 6.51. The van der Waals surface area contributed by atoms with Gasteiger partial charge in [0.1, 0.15) is 11.5 Å². The molecule has 5 aromatic carbocycles. The van der Waals surface area contributed by atoms with Gasteiger partial charge >= 0.3 is 0 Å². The molecule has 0 saturated carbocycles. The minimum Gasteiger partial charge on any atom is -0.496 e. The Balaban J connectivity index is 1.74. The molecule has 5 aromatic rings. The van der Waals surface area contributed by atoms with Gasteiger partial charge in [-0.05, 0) is 115 Å². The van der Waals surface area contributed by atoms with Gasteiger partial charge in [0, 0.05) is 17.0 Å². The van der Waals surface area contributed by atoms with E-state index in [9.17, 15) is 25.9 Å². The summed E-state index contributed by atoms with van der Waals surface area (Å²) in [5.41, 5.74) is 10.1. The van der Waals surface area contributed by atoms with Gasteiger partial charge < -0.3 is 9.47 Å². The molecule has 0 aromatic heterocycles. The van der Waals surface area contributed by atoms with Crippen LogP contribution >= 0.6 is 0 Å². The Kier molecular flexibility index (Phi) is 10.4. The van der Waals surface area contributed by atoms with Crippen LogP contribution in [0.5, 0.6) is 11.5 Å². The highest BCUT2D eigenvalue weighted by molar-refractivity contribution is 7.86. The standard InChI is InChI=1S/C39H40O8S2/c1-24-9-7-10-25(2)34(24)19-28-13-16-31(36(21-28)46-5)39(33-18-15-30(48(40,41)42)23-38(33)49(43,44)45)32-17-14-29(22-37(32)47-6)20-35-26(3)11-8-12-27(35)4/h7-18,21-23,39H,19-20H2,1-6H3,(H,40,41,42)(H,43,44,45). The van der Waals surface area contributed by atoms with Gasteiger partial charge in [0.2, 0.25) is 0 Å². The normalized spacial score (nSPS) is 11.9. The number of hydrogen-bond acceptors (Lipinski definition) is 6. The van der Waals surface area contributed by atoms with Crippen LogP contribution in [0.1, 0.15) is 67.1 Å². The van der Waals surface area contributed by atoms with Crippen LogP contribution < -0.4 is 9.47 Å². The minimum atomic E-state index is -4.99. The largest absolute Gasteiger partial charge is 0.496 e. The van der Waals surface area contributed by atoms with Crippen molar-refractivity contribution in [2.24, 2.45) is 0 Å². The molecule has 2 N–H and O–H groups in total. The highest BCUT2D eigenvalue weighted by atomic mass is 32.2. The fraction of sp³-hybridized carbons (Fsp3) is 0.231. The number of rotatable bonds is 11. The minimum absolute atomic E-state index is 0.0662. The Morgan fingerprint density at radius 1 is 0.551 bits per heavy atom. The second-order valence-electron chi connectivity index (χ2n) is 12.3. The SMILES string of the molecule is COc1cc(Cc2c(C)cccc2C)ccc1C(c1ccc(Cc2c(C)cccc2C)cc1OC)c1ccc(S(=O)(=O)O)cc1S(=O)(=O)O. The fourth-order valence-corrected chi connectivity index (χ4v) is 7.85. The van der Waals surface area contributed by atoms with Gasteiger partial charge in [-0.15, -0.1) is 0 Å². The molecule has 0 fully saturated rings. The molecule has 256 valence electrons. The quantitative estimate of drug-likeness (QED) is 0.106. The van der Waals surface area contributed by atoms with Crippen molar-refractivity contribution in [2.45, 2.75) is 56.2 Å². The molecule has 0 amide bonds. The van der Waals surface area contributed by atoms with E-state index in [1.54, 1.807) is 0 Å². The zero-order valence-corrected chi connectivity index (χ0v) is 29.9. The average molecular weight is 701 g/mol. The van der Waals surface area contributed by atoms with Crippen molar-refractivity contribution in [1.29, 1.82) is 0 Å². The van der Waals surface area contributed by atoms with E-state index in [1.165, 1.54) is 31.4 Å². The van der Waals surface area contributed by atoms with Gasteiger partial charge in [0.25, 0.3) is 20.2 Å². The van der Waals surface area contributed by atoms with E-state index in [4.69, 9.17) is 9.47 Å². The van der Waals surface area contributed by atoms with E-state index in [1.807, 2.05) is 48.5 Å². The van der Waals surface area contributed by atoms with E-state index in [0.717, 1.165) is 45.5 Å². The Hall–Kier alpha value is -4.48. The van der Waals surface area contributed by atoms with Gasteiger partial charge in [-0.2, -0.15) is 16.8 Å². The zero-order chi connectivity index (χ0) is 35.7. The molecule has 0 saturated heterocycles. The van der Waals surface area contributed by atoms with Gasteiger partial charge in [-0.1, -0.05) is 66.7 Å². The summed E-state index contributed by atoms with van der Waals surface area (Å²) in [5.74, 6) is -0.00754. The summed E-state index contributed by atoms with van der Waals surface area (Å²) in [7, 11) is -6.74. The molecule has 0 atom stereocenters. The Morgan fingerprint density at radius 3 is 1.33 bits per heavy atom. The maximum atomic E-state index is 12.9. The van der Waals surface area contributed by atoms with Crippen molar-refractivity contribution >= 4 is 20.2 Å². The lowest BCUT2D eigenvalue weighted by molar-refractivity contribution is 0.401. The maximum absolute atomic E-state index is 12.9. The van der Waals surface area contributed by atoms with Crippen molar-refractivity contribution in [3.05, 3.63) is 152 Å². The molecule has 49 heavy (non-hydrogen) atoms. The van der Waals surface area contributed by atoms with Gasteiger partial charge in [-0.25, -0.2) is 0 Å². The maximum Gasteiger partial charge on any atom is 0.294 e. The summed E-state index contributed by atoms with van der Waals surface area (Å²) < 4.78 is 81.8. The van der Waals surface area contributed by atoms with Crippen LogP contribution in [0.3, 0.4) is 0 Å². The van der Waals surface area contributed by atoms with E-state index < -0.39 is 35.9 Å². The second kappa shape index (κ2) is 14.2. The summed E-state index contributed by atoms with van der Waals surface area (Å²) in [4.78, 5) is -1.34. The highest BCUT2D eigenvalue weighted by Crippen LogP contribution is 2.44. The first-order chi connectivity index (χ1) is 23.1. The van der Waals surface area contributed by atoms with Crippen LogP contribution in [0.25, 0.3) is 0 Å². The lowest BCUT2D eigenvalue weighted by Gasteiger charge is -2.26. The summed E-state index contributed by atoms with van der Waals surface area (Å²) in [6.07, 6.45) is 1.27. The molecule has 5 rings (SSSR count). The number of methoxy groups -OCH3 is 2. The molecule has 10 heteroatoms. The molecule has 0 heterocycles. The lowest BCUT2D eigenvalue weighted by atomic mass is 9.82. The third-order valence-corrected chi connectivity index (χ3v) is 10.9. The van der Waals surface area contributed by atoms with Crippen molar-refractivity contribution < 1.29 is 35.4 Å². The van der Waals surface area contributed by atoms with Crippen molar-refractivity contribution in [3.63, 3.8) is 0 Å². The predicted molar refractivity (Wildman–Crippen MR) is 190 cm³/mol. The predicted octanol–water partition coefficient (Wildman–Crippen LogP) is 7.79. The smallest absolute Gasteiger partial charge is 0.294 e. The molecule has 0 radical (unpaired) electrons. The van der Waals surface area contributed by atoms with Crippen molar-refractivity contribution in [3.8, 4) is 11.5 Å². The summed E-state index contributed by atoms with van der Waals surface area (Å²) in [6, 6.07) is 26.8. The number of hydrogen-bond donors (Lipinski definition) is 2. The number of ether oxygens (including phenoxy) is 2. The molecule has 0 aliphatic carbocycles. The molecular formula is C39H40O8S2. The van der Waals surface area contributed by atoms with Crippen LogP contribution in [-0.2, 0) is 33.1 Å². The van der Waals surface area contributed by atoms with E-state index in [0.29, 0.717) is 35.5 Å². The summed E-state index contributed by atoms with van der Waals surface area (Å²) in [5, 5.41) is 0. The van der Waals surface area contributed by atoms with Crippen LogP contribution in [0.2, 0.25) is 0 Å². The molecule has 0 aliphatic heterocycles. The van der Waals surface area contributed by atoms with Gasteiger partial charge in [0.15, 0.2) is 0 Å².